The Kier molecular flexibility index (Phi) is 3.97. The van der Waals surface area contributed by atoms with Crippen molar-refractivity contribution in [2.24, 2.45) is 0 Å². The van der Waals surface area contributed by atoms with Gasteiger partial charge in [0.15, 0.2) is 5.03 Å². The summed E-state index contributed by atoms with van der Waals surface area (Å²) in [5, 5.41) is 10.6. The van der Waals surface area contributed by atoms with Gasteiger partial charge in [0.1, 0.15) is 11.6 Å². The zero-order chi connectivity index (χ0) is 15.8. The van der Waals surface area contributed by atoms with Crippen molar-refractivity contribution < 1.29 is 17.7 Å². The number of aryl methyl sites for hydroxylation is 1. The summed E-state index contributed by atoms with van der Waals surface area (Å²) in [6.45, 7) is 1.41. The van der Waals surface area contributed by atoms with E-state index in [9.17, 15) is 22.9 Å². The van der Waals surface area contributed by atoms with Gasteiger partial charge in [-0.1, -0.05) is 0 Å². The number of nitro benzene ring substituents is 1. The summed E-state index contributed by atoms with van der Waals surface area (Å²) in [4.78, 5) is 14.0. The van der Waals surface area contributed by atoms with Crippen LogP contribution in [-0.2, 0) is 15.6 Å². The Morgan fingerprint density at radius 3 is 2.67 bits per heavy atom. The van der Waals surface area contributed by atoms with Crippen molar-refractivity contribution in [2.75, 3.05) is 0 Å². The van der Waals surface area contributed by atoms with E-state index in [0.717, 1.165) is 24.4 Å². The molecule has 0 spiro atoms. The molecule has 0 saturated carbocycles. The fourth-order valence-corrected chi connectivity index (χ4v) is 2.52. The van der Waals surface area contributed by atoms with Gasteiger partial charge < -0.3 is 4.57 Å². The lowest BCUT2D eigenvalue weighted by molar-refractivity contribution is -0.385. The second-order valence-electron chi connectivity index (χ2n) is 4.22. The molecule has 0 fully saturated rings. The van der Waals surface area contributed by atoms with Crippen molar-refractivity contribution in [3.63, 3.8) is 0 Å². The van der Waals surface area contributed by atoms with E-state index in [1.54, 1.807) is 0 Å². The molecule has 0 N–H and O–H groups in total. The van der Waals surface area contributed by atoms with Crippen LogP contribution in [0.15, 0.2) is 29.4 Å². The number of hydrogen-bond donors (Lipinski definition) is 0. The van der Waals surface area contributed by atoms with E-state index in [2.05, 4.69) is 4.98 Å². The highest BCUT2D eigenvalue weighted by Gasteiger charge is 2.19. The third kappa shape index (κ3) is 3.37. The zero-order valence-corrected chi connectivity index (χ0v) is 12.2. The molecule has 0 radical (unpaired) electrons. The molecule has 2 aromatic rings. The molecule has 0 aliphatic heterocycles. The van der Waals surface area contributed by atoms with E-state index in [-0.39, 0.29) is 28.6 Å². The van der Waals surface area contributed by atoms with Gasteiger partial charge in [-0.15, -0.1) is 0 Å². The molecule has 1 aromatic heterocycles. The van der Waals surface area contributed by atoms with Crippen LogP contribution < -0.4 is 0 Å². The van der Waals surface area contributed by atoms with Gasteiger partial charge in [-0.25, -0.2) is 17.8 Å². The van der Waals surface area contributed by atoms with Gasteiger partial charge in [-0.2, -0.15) is 0 Å². The number of halogens is 2. The van der Waals surface area contributed by atoms with Crippen molar-refractivity contribution in [1.29, 1.82) is 0 Å². The molecule has 0 unspecified atom stereocenters. The van der Waals surface area contributed by atoms with Gasteiger partial charge in [0.2, 0.25) is 0 Å². The number of nitrogens with zero attached hydrogens (tertiary/aromatic N) is 3. The van der Waals surface area contributed by atoms with Crippen LogP contribution in [0.5, 0.6) is 0 Å². The van der Waals surface area contributed by atoms with Crippen LogP contribution in [0.2, 0.25) is 0 Å². The molecular formula is C11H9ClFN3O4S. The van der Waals surface area contributed by atoms with Crippen LogP contribution in [0.3, 0.4) is 0 Å². The monoisotopic (exact) mass is 333 g/mol. The van der Waals surface area contributed by atoms with Crippen LogP contribution >= 0.6 is 10.7 Å². The van der Waals surface area contributed by atoms with Crippen molar-refractivity contribution in [3.05, 3.63) is 51.7 Å². The van der Waals surface area contributed by atoms with Gasteiger partial charge in [-0.3, -0.25) is 10.1 Å². The molecule has 1 heterocycles. The van der Waals surface area contributed by atoms with Crippen molar-refractivity contribution in [3.8, 4) is 0 Å². The van der Waals surface area contributed by atoms with Gasteiger partial charge in [0.25, 0.3) is 14.7 Å². The lowest BCUT2D eigenvalue weighted by atomic mass is 10.1. The molecule has 0 aliphatic rings. The van der Waals surface area contributed by atoms with Crippen LogP contribution in [0.1, 0.15) is 11.4 Å². The van der Waals surface area contributed by atoms with Crippen LogP contribution in [-0.4, -0.2) is 22.9 Å². The number of aromatic nitrogens is 2. The average Bonchev–Trinajstić information content (AvgIpc) is 2.70. The minimum Gasteiger partial charge on any atom is -0.329 e. The number of benzene rings is 1. The average molecular weight is 334 g/mol. The molecule has 112 valence electrons. The second-order valence-corrected chi connectivity index (χ2v) is 6.74. The maximum atomic E-state index is 13.2. The maximum Gasteiger partial charge on any atom is 0.280 e. The Morgan fingerprint density at radius 1 is 1.48 bits per heavy atom. The third-order valence-corrected chi connectivity index (χ3v) is 3.95. The Labute approximate surface area is 123 Å². The van der Waals surface area contributed by atoms with Crippen LogP contribution in [0.25, 0.3) is 0 Å². The molecule has 10 heteroatoms. The normalized spacial score (nSPS) is 11.6. The highest BCUT2D eigenvalue weighted by molar-refractivity contribution is 8.13. The molecule has 0 amide bonds. The lowest BCUT2D eigenvalue weighted by Crippen LogP contribution is -2.04. The van der Waals surface area contributed by atoms with Crippen molar-refractivity contribution in [2.45, 2.75) is 18.5 Å². The summed E-state index contributed by atoms with van der Waals surface area (Å²) < 4.78 is 37.0. The molecule has 0 atom stereocenters. The van der Waals surface area contributed by atoms with Gasteiger partial charge >= 0.3 is 0 Å². The number of nitro groups is 1. The molecule has 1 aromatic carbocycles. The highest BCUT2D eigenvalue weighted by Crippen LogP contribution is 2.22. The first-order valence-electron chi connectivity index (χ1n) is 5.60. The fourth-order valence-electron chi connectivity index (χ4n) is 1.80. The summed E-state index contributed by atoms with van der Waals surface area (Å²) in [7, 11) is 1.18. The first-order chi connectivity index (χ1) is 9.68. The predicted molar refractivity (Wildman–Crippen MR) is 72.2 cm³/mol. The minimum atomic E-state index is -4.00. The van der Waals surface area contributed by atoms with Crippen molar-refractivity contribution in [1.82, 2.24) is 9.55 Å². The standard InChI is InChI=1S/C11H9ClFN3O4S/c1-7-14-11(21(12,19)20)6-15(7)5-8-4-9(13)2-3-10(8)16(17)18/h2-4,6H,5H2,1H3. The zero-order valence-electron chi connectivity index (χ0n) is 10.7. The van der Waals surface area contributed by atoms with Gasteiger partial charge in [0.05, 0.1) is 17.0 Å². The van der Waals surface area contributed by atoms with Gasteiger partial charge in [0, 0.05) is 22.9 Å². The van der Waals surface area contributed by atoms with E-state index in [1.165, 1.54) is 11.5 Å². The maximum absolute atomic E-state index is 13.2. The van der Waals surface area contributed by atoms with Crippen molar-refractivity contribution >= 4 is 25.4 Å². The molecule has 0 bridgehead atoms. The smallest absolute Gasteiger partial charge is 0.280 e. The first kappa shape index (κ1) is 15.4. The summed E-state index contributed by atoms with van der Waals surface area (Å²) in [5.41, 5.74) is -0.168. The van der Waals surface area contributed by atoms with Crippen LogP contribution in [0.4, 0.5) is 10.1 Å². The molecule has 7 nitrogen and oxygen atoms in total. The summed E-state index contributed by atoms with van der Waals surface area (Å²) >= 11 is 0. The van der Waals surface area contributed by atoms with E-state index >= 15 is 0 Å². The Bertz CT molecular complexity index is 819. The van der Waals surface area contributed by atoms with Gasteiger partial charge in [-0.05, 0) is 19.1 Å². The number of imidazole rings is 1. The predicted octanol–water partition coefficient (Wildman–Crippen LogP) is 2.21. The summed E-state index contributed by atoms with van der Waals surface area (Å²) in [5.74, 6) is -0.341. The second kappa shape index (κ2) is 5.41. The molecular weight excluding hydrogens is 325 g/mol. The molecule has 0 aliphatic carbocycles. The van der Waals surface area contributed by atoms with E-state index in [4.69, 9.17) is 10.7 Å². The summed E-state index contributed by atoms with van der Waals surface area (Å²) in [6.07, 6.45) is 1.15. The Hall–Kier alpha value is -2.00. The van der Waals surface area contributed by atoms with Crippen LogP contribution in [0, 0.1) is 22.9 Å². The third-order valence-electron chi connectivity index (χ3n) is 2.78. The fraction of sp³-hybridized carbons (Fsp3) is 0.182. The van der Waals surface area contributed by atoms with E-state index in [1.807, 2.05) is 0 Å². The lowest BCUT2D eigenvalue weighted by Gasteiger charge is -2.06. The number of hydrogen-bond acceptors (Lipinski definition) is 5. The van der Waals surface area contributed by atoms with E-state index < -0.39 is 19.8 Å². The largest absolute Gasteiger partial charge is 0.329 e. The molecule has 0 saturated heterocycles. The first-order valence-corrected chi connectivity index (χ1v) is 7.90. The molecule has 21 heavy (non-hydrogen) atoms. The Morgan fingerprint density at radius 2 is 2.14 bits per heavy atom. The topological polar surface area (TPSA) is 95.1 Å². The quantitative estimate of drug-likeness (QED) is 0.485. The molecule has 2 rings (SSSR count). The SMILES string of the molecule is Cc1nc(S(=O)(=O)Cl)cn1Cc1cc(F)ccc1[N+](=O)[O-]. The summed E-state index contributed by atoms with van der Waals surface area (Å²) in [6, 6.07) is 3.06. The van der Waals surface area contributed by atoms with E-state index in [0.29, 0.717) is 0 Å². The Balaban J connectivity index is 2.46. The minimum absolute atomic E-state index is 0.0963. The number of rotatable bonds is 4. The highest BCUT2D eigenvalue weighted by atomic mass is 35.7.